The average Bonchev–Trinajstić information content (AvgIpc) is 3.28. The fourth-order valence-corrected chi connectivity index (χ4v) is 4.02. The number of hydrogen-bond acceptors (Lipinski definition) is 4. The highest BCUT2D eigenvalue weighted by atomic mass is 35.5. The van der Waals surface area contributed by atoms with E-state index in [-0.39, 0.29) is 5.91 Å². The molecule has 41 heavy (non-hydrogen) atoms. The van der Waals surface area contributed by atoms with Crippen LogP contribution >= 0.6 is 11.6 Å². The molecule has 7 heteroatoms. The Hall–Kier alpha value is -3.77. The van der Waals surface area contributed by atoms with Gasteiger partial charge in [-0.15, -0.1) is 10.2 Å². The number of hydrogen-bond donors (Lipinski definition) is 1. The second-order valence-electron chi connectivity index (χ2n) is 8.56. The number of halogens is 1. The van der Waals surface area contributed by atoms with E-state index in [9.17, 15) is 4.79 Å². The normalized spacial score (nSPS) is 10.5. The van der Waals surface area contributed by atoms with E-state index in [1.165, 1.54) is 18.9 Å². The summed E-state index contributed by atoms with van der Waals surface area (Å²) < 4.78 is 2.09. The lowest BCUT2D eigenvalue weighted by Gasteiger charge is -2.14. The zero-order valence-corrected chi connectivity index (χ0v) is 26.9. The Morgan fingerprint density at radius 2 is 1.44 bits per heavy atom. The van der Waals surface area contributed by atoms with Crippen molar-refractivity contribution in [3.8, 4) is 16.8 Å². The van der Waals surface area contributed by atoms with Gasteiger partial charge in [0.1, 0.15) is 12.4 Å². The van der Waals surface area contributed by atoms with E-state index in [4.69, 9.17) is 16.6 Å². The van der Waals surface area contributed by atoms with Crippen LogP contribution in [0.3, 0.4) is 0 Å². The van der Waals surface area contributed by atoms with Crippen molar-refractivity contribution in [2.45, 2.75) is 75.3 Å². The van der Waals surface area contributed by atoms with Gasteiger partial charge < -0.3 is 5.32 Å². The van der Waals surface area contributed by atoms with Crippen LogP contribution in [-0.4, -0.2) is 32.9 Å². The third kappa shape index (κ3) is 10.3. The van der Waals surface area contributed by atoms with Crippen molar-refractivity contribution in [3.63, 3.8) is 0 Å². The minimum atomic E-state index is 0.0394. The maximum absolute atomic E-state index is 9.93. The number of carbonyl (C=O) groups excluding carboxylic acids is 1. The molecule has 1 aliphatic rings. The maximum atomic E-state index is 9.93. The Balaban J connectivity index is 0.000000555. The van der Waals surface area contributed by atoms with Gasteiger partial charge in [-0.3, -0.25) is 14.4 Å². The van der Waals surface area contributed by atoms with Gasteiger partial charge in [-0.05, 0) is 49.2 Å². The Bertz CT molecular complexity index is 1350. The molecule has 0 saturated heterocycles. The minimum Gasteiger partial charge on any atom is -0.357 e. The average molecular weight is 576 g/mol. The van der Waals surface area contributed by atoms with Crippen molar-refractivity contribution >= 4 is 23.2 Å². The molecular formula is C34H46ClN5O. The summed E-state index contributed by atoms with van der Waals surface area (Å²) >= 11 is 6.10. The van der Waals surface area contributed by atoms with Crippen LogP contribution in [-0.2, 0) is 11.3 Å². The second-order valence-corrected chi connectivity index (χ2v) is 9.00. The molecule has 0 atom stereocenters. The molecule has 0 radical (unpaired) electrons. The number of nitrogens with zero attached hydrogens (tertiary/aromatic N) is 4. The van der Waals surface area contributed by atoms with E-state index in [1.807, 2.05) is 71.9 Å². The van der Waals surface area contributed by atoms with Crippen molar-refractivity contribution in [2.24, 2.45) is 4.99 Å². The van der Waals surface area contributed by atoms with Crippen LogP contribution in [0.5, 0.6) is 0 Å². The lowest BCUT2D eigenvalue weighted by atomic mass is 9.96. The monoisotopic (exact) mass is 575 g/mol. The molecule has 1 aliphatic heterocycles. The van der Waals surface area contributed by atoms with Gasteiger partial charge in [0.05, 0.1) is 11.4 Å². The highest BCUT2D eigenvalue weighted by Crippen LogP contribution is 2.30. The zero-order valence-electron chi connectivity index (χ0n) is 26.1. The molecule has 0 aliphatic carbocycles. The number of aliphatic imine (C=N–C) groups is 1. The maximum Gasteiger partial charge on any atom is 0.216 e. The summed E-state index contributed by atoms with van der Waals surface area (Å²) in [6.07, 6.45) is 1.25. The fraction of sp³-hybridized carbons (Fsp3) is 0.353. The van der Waals surface area contributed by atoms with Crippen LogP contribution in [0.25, 0.3) is 16.8 Å². The van der Waals surface area contributed by atoms with Gasteiger partial charge in [-0.25, -0.2) is 0 Å². The first kappa shape index (κ1) is 35.3. The number of aromatic nitrogens is 3. The van der Waals surface area contributed by atoms with E-state index < -0.39 is 0 Å². The predicted octanol–water partition coefficient (Wildman–Crippen LogP) is 8.86. The third-order valence-electron chi connectivity index (χ3n) is 5.41. The first-order valence-corrected chi connectivity index (χ1v) is 14.9. The van der Waals surface area contributed by atoms with Crippen LogP contribution in [0.15, 0.2) is 77.8 Å². The number of benzene rings is 3. The third-order valence-corrected chi connectivity index (χ3v) is 5.67. The van der Waals surface area contributed by atoms with Crippen molar-refractivity contribution < 1.29 is 4.79 Å². The van der Waals surface area contributed by atoms with Crippen LogP contribution < -0.4 is 5.32 Å². The van der Waals surface area contributed by atoms with Crippen LogP contribution in [0, 0.1) is 6.92 Å². The molecule has 0 fully saturated rings. The van der Waals surface area contributed by atoms with Gasteiger partial charge in [0.25, 0.3) is 0 Å². The van der Waals surface area contributed by atoms with Gasteiger partial charge in [0.2, 0.25) is 5.91 Å². The molecule has 220 valence electrons. The minimum absolute atomic E-state index is 0.0394. The van der Waals surface area contributed by atoms with Crippen molar-refractivity contribution in [2.75, 3.05) is 6.54 Å². The molecule has 0 unspecified atom stereocenters. The SMILES string of the molecule is CC.CC.CCC.CCNC(C)=O.Cc1nnc2n1-c1ccc(-c3ccccc3)cc1C(c1ccc(Cl)cc1)=NC2. The van der Waals surface area contributed by atoms with Gasteiger partial charge >= 0.3 is 0 Å². The van der Waals surface area contributed by atoms with E-state index in [2.05, 4.69) is 76.4 Å². The molecule has 2 heterocycles. The molecule has 0 bridgehead atoms. The number of fused-ring (bicyclic) bond motifs is 3. The molecule has 0 saturated carbocycles. The van der Waals surface area contributed by atoms with Gasteiger partial charge in [0.15, 0.2) is 5.82 Å². The standard InChI is InChI=1S/C23H17ClN4.C4H9NO.C3H8.2C2H6/c1-15-26-27-22-14-25-23(17-7-10-19(24)11-8-17)20-13-18(9-12-21(20)28(15)22)16-5-3-2-4-6-16;1-3-5-4(2)6;1-3-2;2*1-2/h2-13H,14H2,1H3;3H2,1-2H3,(H,5,6);3H2,1-2H3;2*1-2H3. The summed E-state index contributed by atoms with van der Waals surface area (Å²) in [6, 6.07) is 24.7. The predicted molar refractivity (Wildman–Crippen MR) is 175 cm³/mol. The Labute approximate surface area is 251 Å². The summed E-state index contributed by atoms with van der Waals surface area (Å²) in [5.74, 6) is 1.74. The number of carbonyl (C=O) groups is 1. The Kier molecular flexibility index (Phi) is 16.6. The lowest BCUT2D eigenvalue weighted by molar-refractivity contribution is -0.118. The van der Waals surface area contributed by atoms with Crippen molar-refractivity contribution in [1.29, 1.82) is 0 Å². The van der Waals surface area contributed by atoms with E-state index in [1.54, 1.807) is 0 Å². The molecule has 5 rings (SSSR count). The van der Waals surface area contributed by atoms with Gasteiger partial charge in [-0.1, -0.05) is 108 Å². The summed E-state index contributed by atoms with van der Waals surface area (Å²) in [4.78, 5) is 14.8. The van der Waals surface area contributed by atoms with E-state index in [0.717, 1.165) is 46.3 Å². The smallest absolute Gasteiger partial charge is 0.216 e. The molecule has 1 N–H and O–H groups in total. The van der Waals surface area contributed by atoms with Crippen molar-refractivity contribution in [1.82, 2.24) is 20.1 Å². The molecule has 3 aromatic carbocycles. The van der Waals surface area contributed by atoms with E-state index in [0.29, 0.717) is 11.6 Å². The van der Waals surface area contributed by atoms with Crippen LogP contribution in [0.2, 0.25) is 5.02 Å². The molecule has 0 spiro atoms. The first-order valence-electron chi connectivity index (χ1n) is 14.5. The Morgan fingerprint density at radius 3 is 1.98 bits per heavy atom. The zero-order chi connectivity index (χ0) is 30.8. The summed E-state index contributed by atoms with van der Waals surface area (Å²) in [6.45, 7) is 18.8. The topological polar surface area (TPSA) is 72.2 Å². The van der Waals surface area contributed by atoms with Gasteiger partial charge in [0, 0.05) is 29.6 Å². The number of rotatable bonds is 3. The molecular weight excluding hydrogens is 530 g/mol. The second kappa shape index (κ2) is 19.3. The quantitative estimate of drug-likeness (QED) is 0.265. The number of aryl methyl sites for hydroxylation is 1. The number of nitrogens with one attached hydrogen (secondary N) is 1. The number of amides is 1. The van der Waals surface area contributed by atoms with E-state index >= 15 is 0 Å². The highest BCUT2D eigenvalue weighted by molar-refractivity contribution is 6.30. The summed E-state index contributed by atoms with van der Waals surface area (Å²) in [5.41, 5.74) is 6.40. The molecule has 4 aromatic rings. The summed E-state index contributed by atoms with van der Waals surface area (Å²) in [5, 5.41) is 11.9. The lowest BCUT2D eigenvalue weighted by Crippen LogP contribution is -2.18. The Morgan fingerprint density at radius 1 is 0.854 bits per heavy atom. The molecule has 1 aromatic heterocycles. The van der Waals surface area contributed by atoms with Crippen LogP contribution in [0.4, 0.5) is 0 Å². The van der Waals surface area contributed by atoms with Crippen molar-refractivity contribution in [3.05, 3.63) is 101 Å². The molecule has 6 nitrogen and oxygen atoms in total. The van der Waals surface area contributed by atoms with Gasteiger partial charge in [-0.2, -0.15) is 0 Å². The molecule has 1 amide bonds. The summed E-state index contributed by atoms with van der Waals surface area (Å²) in [7, 11) is 0. The van der Waals surface area contributed by atoms with Crippen LogP contribution in [0.1, 0.15) is 84.6 Å². The largest absolute Gasteiger partial charge is 0.357 e. The fourth-order valence-electron chi connectivity index (χ4n) is 3.89. The highest BCUT2D eigenvalue weighted by Gasteiger charge is 2.22. The first-order chi connectivity index (χ1) is 19.9.